The fourth-order valence-electron chi connectivity index (χ4n) is 2.48. The molecule has 1 aliphatic rings. The second-order valence-electron chi connectivity index (χ2n) is 5.24. The molecular formula is C16H21N3O2. The SMILES string of the molecule is C=CCN1C[C@H](C(=O)NCCCc2ccncc2)CC1=O. The first kappa shape index (κ1) is 15.2. The Hall–Kier alpha value is -2.17. The minimum absolute atomic E-state index is 0.0235. The first-order chi connectivity index (χ1) is 10.2. The zero-order chi connectivity index (χ0) is 15.1. The Morgan fingerprint density at radius 1 is 1.48 bits per heavy atom. The molecule has 1 aromatic heterocycles. The van der Waals surface area contributed by atoms with Gasteiger partial charge in [-0.1, -0.05) is 6.08 Å². The maximum Gasteiger partial charge on any atom is 0.225 e. The fraction of sp³-hybridized carbons (Fsp3) is 0.438. The molecule has 0 aliphatic carbocycles. The lowest BCUT2D eigenvalue weighted by Crippen LogP contribution is -2.33. The maximum atomic E-state index is 12.0. The molecule has 0 spiro atoms. The lowest BCUT2D eigenvalue weighted by Gasteiger charge is -2.14. The van der Waals surface area contributed by atoms with Crippen LogP contribution < -0.4 is 5.32 Å². The molecule has 5 nitrogen and oxygen atoms in total. The van der Waals surface area contributed by atoms with Crippen molar-refractivity contribution in [3.8, 4) is 0 Å². The van der Waals surface area contributed by atoms with Gasteiger partial charge in [0.1, 0.15) is 0 Å². The number of rotatable bonds is 7. The van der Waals surface area contributed by atoms with Crippen molar-refractivity contribution in [1.29, 1.82) is 0 Å². The van der Waals surface area contributed by atoms with Crippen molar-refractivity contribution in [3.05, 3.63) is 42.7 Å². The zero-order valence-electron chi connectivity index (χ0n) is 12.1. The van der Waals surface area contributed by atoms with E-state index < -0.39 is 0 Å². The topological polar surface area (TPSA) is 62.3 Å². The van der Waals surface area contributed by atoms with Crippen LogP contribution in [-0.4, -0.2) is 41.3 Å². The van der Waals surface area contributed by atoms with Gasteiger partial charge in [-0.15, -0.1) is 6.58 Å². The number of carbonyl (C=O) groups is 2. The summed E-state index contributed by atoms with van der Waals surface area (Å²) in [6.07, 6.45) is 7.33. The molecule has 1 saturated heterocycles. The van der Waals surface area contributed by atoms with E-state index in [-0.39, 0.29) is 17.7 Å². The number of hydrogen-bond donors (Lipinski definition) is 1. The van der Waals surface area contributed by atoms with Gasteiger partial charge in [-0.05, 0) is 30.5 Å². The molecule has 1 aromatic rings. The van der Waals surface area contributed by atoms with Gasteiger partial charge in [0.15, 0.2) is 0 Å². The standard InChI is InChI=1S/C16H21N3O2/c1-2-10-19-12-14(11-15(19)20)16(21)18-7-3-4-13-5-8-17-9-6-13/h2,5-6,8-9,14H,1,3-4,7,10-12H2,(H,18,21)/t14-/m1/s1. The van der Waals surface area contributed by atoms with Crippen LogP contribution in [0.25, 0.3) is 0 Å². The summed E-state index contributed by atoms with van der Waals surface area (Å²) < 4.78 is 0. The summed E-state index contributed by atoms with van der Waals surface area (Å²) in [7, 11) is 0. The van der Waals surface area contributed by atoms with Crippen LogP contribution in [0, 0.1) is 5.92 Å². The summed E-state index contributed by atoms with van der Waals surface area (Å²) in [4.78, 5) is 29.4. The van der Waals surface area contributed by atoms with Crippen LogP contribution in [0.2, 0.25) is 0 Å². The van der Waals surface area contributed by atoms with Crippen LogP contribution in [0.15, 0.2) is 37.2 Å². The van der Waals surface area contributed by atoms with Crippen LogP contribution in [0.5, 0.6) is 0 Å². The van der Waals surface area contributed by atoms with E-state index in [4.69, 9.17) is 0 Å². The highest BCUT2D eigenvalue weighted by Gasteiger charge is 2.33. The van der Waals surface area contributed by atoms with Gasteiger partial charge in [-0.2, -0.15) is 0 Å². The molecular weight excluding hydrogens is 266 g/mol. The first-order valence-electron chi connectivity index (χ1n) is 7.26. The number of amides is 2. The number of aromatic nitrogens is 1. The monoisotopic (exact) mass is 287 g/mol. The summed E-state index contributed by atoms with van der Waals surface area (Å²) in [6, 6.07) is 3.95. The smallest absolute Gasteiger partial charge is 0.225 e. The number of aryl methyl sites for hydroxylation is 1. The van der Waals surface area contributed by atoms with Gasteiger partial charge in [0, 0.05) is 38.4 Å². The highest BCUT2D eigenvalue weighted by atomic mass is 16.2. The van der Waals surface area contributed by atoms with Gasteiger partial charge < -0.3 is 10.2 Å². The van der Waals surface area contributed by atoms with E-state index in [0.717, 1.165) is 12.8 Å². The first-order valence-corrected chi connectivity index (χ1v) is 7.26. The fourth-order valence-corrected chi connectivity index (χ4v) is 2.48. The molecule has 1 aliphatic heterocycles. The quantitative estimate of drug-likeness (QED) is 0.605. The van der Waals surface area contributed by atoms with E-state index in [1.807, 2.05) is 12.1 Å². The minimum Gasteiger partial charge on any atom is -0.356 e. The maximum absolute atomic E-state index is 12.0. The Morgan fingerprint density at radius 3 is 2.95 bits per heavy atom. The third-order valence-corrected chi connectivity index (χ3v) is 3.63. The van der Waals surface area contributed by atoms with Crippen molar-refractivity contribution in [2.24, 2.45) is 5.92 Å². The van der Waals surface area contributed by atoms with E-state index in [1.54, 1.807) is 23.4 Å². The highest BCUT2D eigenvalue weighted by molar-refractivity contribution is 5.89. The molecule has 2 amide bonds. The molecule has 0 radical (unpaired) electrons. The summed E-state index contributed by atoms with van der Waals surface area (Å²) in [5.41, 5.74) is 1.22. The molecule has 1 N–H and O–H groups in total. The molecule has 0 bridgehead atoms. The van der Waals surface area contributed by atoms with Gasteiger partial charge in [0.05, 0.1) is 5.92 Å². The summed E-state index contributed by atoms with van der Waals surface area (Å²) in [5.74, 6) is -0.213. The number of nitrogens with one attached hydrogen (secondary N) is 1. The second kappa shape index (κ2) is 7.57. The molecule has 21 heavy (non-hydrogen) atoms. The third kappa shape index (κ3) is 4.41. The molecule has 0 unspecified atom stereocenters. The van der Waals surface area contributed by atoms with Gasteiger partial charge in [-0.25, -0.2) is 0 Å². The number of nitrogens with zero attached hydrogens (tertiary/aromatic N) is 2. The summed E-state index contributed by atoms with van der Waals surface area (Å²) in [6.45, 7) is 5.27. The number of hydrogen-bond acceptors (Lipinski definition) is 3. The average Bonchev–Trinajstić information content (AvgIpc) is 2.86. The number of carbonyl (C=O) groups excluding carboxylic acids is 2. The van der Waals surface area contributed by atoms with Crippen molar-refractivity contribution in [2.75, 3.05) is 19.6 Å². The average molecular weight is 287 g/mol. The van der Waals surface area contributed by atoms with E-state index >= 15 is 0 Å². The Morgan fingerprint density at radius 2 is 2.24 bits per heavy atom. The minimum atomic E-state index is -0.224. The predicted octanol–water partition coefficient (Wildman–Crippen LogP) is 1.16. The number of pyridine rings is 1. The van der Waals surface area contributed by atoms with E-state index in [2.05, 4.69) is 16.9 Å². The zero-order valence-corrected chi connectivity index (χ0v) is 12.1. The lowest BCUT2D eigenvalue weighted by molar-refractivity contribution is -0.128. The molecule has 2 heterocycles. The van der Waals surface area contributed by atoms with Crippen LogP contribution in [0.3, 0.4) is 0 Å². The van der Waals surface area contributed by atoms with Crippen LogP contribution >= 0.6 is 0 Å². The van der Waals surface area contributed by atoms with Crippen molar-refractivity contribution in [3.63, 3.8) is 0 Å². The molecule has 1 atom stereocenters. The normalized spacial score (nSPS) is 17.8. The largest absolute Gasteiger partial charge is 0.356 e. The van der Waals surface area contributed by atoms with Crippen molar-refractivity contribution >= 4 is 11.8 Å². The Labute approximate surface area is 125 Å². The third-order valence-electron chi connectivity index (χ3n) is 3.63. The molecule has 0 saturated carbocycles. The molecule has 0 aromatic carbocycles. The van der Waals surface area contributed by atoms with Gasteiger partial charge in [0.2, 0.25) is 11.8 Å². The predicted molar refractivity (Wildman–Crippen MR) is 80.5 cm³/mol. The van der Waals surface area contributed by atoms with Crippen LogP contribution in [0.4, 0.5) is 0 Å². The van der Waals surface area contributed by atoms with E-state index in [9.17, 15) is 9.59 Å². The van der Waals surface area contributed by atoms with Gasteiger partial charge in [0.25, 0.3) is 0 Å². The Kier molecular flexibility index (Phi) is 5.49. The molecule has 112 valence electrons. The van der Waals surface area contributed by atoms with Crippen LogP contribution in [0.1, 0.15) is 18.4 Å². The number of likely N-dealkylation sites (tertiary alicyclic amines) is 1. The van der Waals surface area contributed by atoms with Crippen molar-refractivity contribution in [2.45, 2.75) is 19.3 Å². The molecule has 2 rings (SSSR count). The Balaban J connectivity index is 1.68. The van der Waals surface area contributed by atoms with Crippen LogP contribution in [-0.2, 0) is 16.0 Å². The lowest BCUT2D eigenvalue weighted by atomic mass is 10.1. The summed E-state index contributed by atoms with van der Waals surface area (Å²) >= 11 is 0. The molecule has 5 heteroatoms. The van der Waals surface area contributed by atoms with Crippen molar-refractivity contribution < 1.29 is 9.59 Å². The summed E-state index contributed by atoms with van der Waals surface area (Å²) in [5, 5.41) is 2.92. The van der Waals surface area contributed by atoms with E-state index in [0.29, 0.717) is 26.1 Å². The Bertz CT molecular complexity index is 502. The van der Waals surface area contributed by atoms with Gasteiger partial charge in [-0.3, -0.25) is 14.6 Å². The second-order valence-corrected chi connectivity index (χ2v) is 5.24. The molecule has 1 fully saturated rings. The highest BCUT2D eigenvalue weighted by Crippen LogP contribution is 2.17. The van der Waals surface area contributed by atoms with Gasteiger partial charge >= 0.3 is 0 Å². The van der Waals surface area contributed by atoms with E-state index in [1.165, 1.54) is 5.56 Å². The van der Waals surface area contributed by atoms with Crippen molar-refractivity contribution in [1.82, 2.24) is 15.2 Å².